The number of amides is 1. The molecule has 0 N–H and O–H groups in total. The summed E-state index contributed by atoms with van der Waals surface area (Å²) in [5, 5.41) is 0. The third-order valence-corrected chi connectivity index (χ3v) is 3.84. The summed E-state index contributed by atoms with van der Waals surface area (Å²) in [6.07, 6.45) is 5.31. The smallest absolute Gasteiger partial charge is 0.223 e. The Hall–Kier alpha value is 0.200. The molecule has 0 saturated carbocycles. The lowest BCUT2D eigenvalue weighted by molar-refractivity contribution is -0.131. The summed E-state index contributed by atoms with van der Waals surface area (Å²) in [5.74, 6) is 0.355. The van der Waals surface area contributed by atoms with E-state index in [0.29, 0.717) is 9.96 Å². The van der Waals surface area contributed by atoms with Gasteiger partial charge >= 0.3 is 0 Å². The Morgan fingerprint density at radius 2 is 2.25 bits per heavy atom. The summed E-state index contributed by atoms with van der Waals surface area (Å²) in [4.78, 5) is 13.6. The van der Waals surface area contributed by atoms with Crippen molar-refractivity contribution in [1.82, 2.24) is 4.90 Å². The van der Waals surface area contributed by atoms with Crippen LogP contribution in [0.15, 0.2) is 0 Å². The van der Waals surface area contributed by atoms with Gasteiger partial charge in [-0.2, -0.15) is 0 Å². The number of carbonyl (C=O) groups excluding carboxylic acids is 1. The largest absolute Gasteiger partial charge is 0.331 e. The van der Waals surface area contributed by atoms with Gasteiger partial charge in [0.15, 0.2) is 0 Å². The molecular weight excluding hydrogens is 265 g/mol. The van der Waals surface area contributed by atoms with E-state index in [2.05, 4.69) is 29.5 Å². The maximum absolute atomic E-state index is 11.5. The first-order valence-electron chi connectivity index (χ1n) is 4.69. The predicted octanol–water partition coefficient (Wildman–Crippen LogP) is 2.56. The van der Waals surface area contributed by atoms with Gasteiger partial charge in [-0.15, -0.1) is 0 Å². The van der Waals surface area contributed by atoms with E-state index in [-0.39, 0.29) is 0 Å². The number of likely N-dealkylation sites (tertiary alicyclic amines) is 1. The van der Waals surface area contributed by atoms with Crippen LogP contribution >= 0.6 is 22.6 Å². The molecule has 1 aliphatic heterocycles. The van der Waals surface area contributed by atoms with Crippen molar-refractivity contribution in [1.29, 1.82) is 0 Å². The van der Waals surface area contributed by atoms with Gasteiger partial charge in [-0.1, -0.05) is 35.9 Å². The SMILES string of the molecule is CCC(I)N1CCCCCC1=O. The summed E-state index contributed by atoms with van der Waals surface area (Å²) in [6, 6.07) is 0. The molecule has 1 aliphatic rings. The molecule has 1 amide bonds. The van der Waals surface area contributed by atoms with Gasteiger partial charge < -0.3 is 4.90 Å². The molecule has 1 saturated heterocycles. The van der Waals surface area contributed by atoms with E-state index < -0.39 is 0 Å². The molecule has 0 aliphatic carbocycles. The second-order valence-corrected chi connectivity index (χ2v) is 4.68. The molecule has 12 heavy (non-hydrogen) atoms. The summed E-state index contributed by atoms with van der Waals surface area (Å²) >= 11 is 2.36. The molecule has 3 heteroatoms. The number of hydrogen-bond acceptors (Lipinski definition) is 1. The van der Waals surface area contributed by atoms with Crippen molar-refractivity contribution in [2.24, 2.45) is 0 Å². The van der Waals surface area contributed by atoms with Crippen molar-refractivity contribution >= 4 is 28.5 Å². The minimum atomic E-state index is 0.355. The molecule has 0 radical (unpaired) electrons. The minimum absolute atomic E-state index is 0.355. The average Bonchev–Trinajstić information content (AvgIpc) is 2.28. The fourth-order valence-corrected chi connectivity index (χ4v) is 2.11. The van der Waals surface area contributed by atoms with E-state index in [1.807, 2.05) is 4.90 Å². The van der Waals surface area contributed by atoms with Crippen LogP contribution in [0.2, 0.25) is 0 Å². The molecule has 0 aromatic rings. The van der Waals surface area contributed by atoms with Gasteiger partial charge in [-0.05, 0) is 19.3 Å². The van der Waals surface area contributed by atoms with Crippen molar-refractivity contribution in [3.05, 3.63) is 0 Å². The highest BCUT2D eigenvalue weighted by Gasteiger charge is 2.20. The van der Waals surface area contributed by atoms with Gasteiger partial charge in [0.05, 0.1) is 4.05 Å². The first-order valence-corrected chi connectivity index (χ1v) is 5.93. The maximum Gasteiger partial charge on any atom is 0.223 e. The summed E-state index contributed by atoms with van der Waals surface area (Å²) in [5.41, 5.74) is 0. The van der Waals surface area contributed by atoms with E-state index in [4.69, 9.17) is 0 Å². The Bertz CT molecular complexity index is 161. The second kappa shape index (κ2) is 5.04. The Morgan fingerprint density at radius 1 is 1.50 bits per heavy atom. The second-order valence-electron chi connectivity index (χ2n) is 3.24. The normalized spacial score (nSPS) is 22.2. The third-order valence-electron chi connectivity index (χ3n) is 2.29. The van der Waals surface area contributed by atoms with Crippen LogP contribution in [-0.4, -0.2) is 21.4 Å². The van der Waals surface area contributed by atoms with Crippen LogP contribution in [0.5, 0.6) is 0 Å². The molecule has 1 fully saturated rings. The molecule has 1 atom stereocenters. The van der Waals surface area contributed by atoms with Crippen molar-refractivity contribution in [3.63, 3.8) is 0 Å². The lowest BCUT2D eigenvalue weighted by atomic mass is 10.2. The third kappa shape index (κ3) is 2.61. The number of hydrogen-bond donors (Lipinski definition) is 0. The average molecular weight is 281 g/mol. The van der Waals surface area contributed by atoms with E-state index in [1.54, 1.807) is 0 Å². The Kier molecular flexibility index (Phi) is 4.32. The molecule has 0 aromatic heterocycles. The fourth-order valence-electron chi connectivity index (χ4n) is 1.52. The van der Waals surface area contributed by atoms with Crippen LogP contribution < -0.4 is 0 Å². The first kappa shape index (κ1) is 10.3. The lowest BCUT2D eigenvalue weighted by Crippen LogP contribution is -2.35. The van der Waals surface area contributed by atoms with E-state index in [0.717, 1.165) is 25.8 Å². The first-order chi connectivity index (χ1) is 5.75. The molecule has 2 nitrogen and oxygen atoms in total. The van der Waals surface area contributed by atoms with Crippen molar-refractivity contribution < 1.29 is 4.79 Å². The van der Waals surface area contributed by atoms with Gasteiger partial charge in [0.2, 0.25) is 5.91 Å². The molecule has 1 unspecified atom stereocenters. The summed E-state index contributed by atoms with van der Waals surface area (Å²) in [7, 11) is 0. The molecule has 1 heterocycles. The van der Waals surface area contributed by atoms with Gasteiger partial charge in [-0.3, -0.25) is 4.79 Å². The lowest BCUT2D eigenvalue weighted by Gasteiger charge is -2.25. The molecule has 0 spiro atoms. The fraction of sp³-hybridized carbons (Fsp3) is 0.889. The van der Waals surface area contributed by atoms with Crippen LogP contribution in [0, 0.1) is 0 Å². The number of nitrogens with zero attached hydrogens (tertiary/aromatic N) is 1. The maximum atomic E-state index is 11.5. The quantitative estimate of drug-likeness (QED) is 0.433. The Labute approximate surface area is 87.8 Å². The summed E-state index contributed by atoms with van der Waals surface area (Å²) in [6.45, 7) is 3.11. The van der Waals surface area contributed by atoms with Gasteiger partial charge in [0.25, 0.3) is 0 Å². The predicted molar refractivity (Wildman–Crippen MR) is 58.3 cm³/mol. The topological polar surface area (TPSA) is 20.3 Å². The molecular formula is C9H16INO. The van der Waals surface area contributed by atoms with Crippen molar-refractivity contribution in [2.75, 3.05) is 6.54 Å². The standard InChI is InChI=1S/C9H16INO/c1-2-8(10)11-7-5-3-4-6-9(11)12/h8H,2-7H2,1H3. The monoisotopic (exact) mass is 281 g/mol. The van der Waals surface area contributed by atoms with Crippen molar-refractivity contribution in [2.45, 2.75) is 43.1 Å². The van der Waals surface area contributed by atoms with Crippen LogP contribution in [0.1, 0.15) is 39.0 Å². The van der Waals surface area contributed by atoms with E-state index in [9.17, 15) is 4.79 Å². The van der Waals surface area contributed by atoms with E-state index in [1.165, 1.54) is 12.8 Å². The summed E-state index contributed by atoms with van der Waals surface area (Å²) < 4.78 is 0.410. The van der Waals surface area contributed by atoms with Crippen LogP contribution in [0.25, 0.3) is 0 Å². The van der Waals surface area contributed by atoms with E-state index >= 15 is 0 Å². The number of halogens is 1. The van der Waals surface area contributed by atoms with Crippen LogP contribution in [-0.2, 0) is 4.79 Å². The molecule has 0 bridgehead atoms. The van der Waals surface area contributed by atoms with Crippen LogP contribution in [0.3, 0.4) is 0 Å². The highest BCUT2D eigenvalue weighted by Crippen LogP contribution is 2.19. The van der Waals surface area contributed by atoms with Crippen LogP contribution in [0.4, 0.5) is 0 Å². The molecule has 1 rings (SSSR count). The number of rotatable bonds is 2. The Morgan fingerprint density at radius 3 is 2.92 bits per heavy atom. The zero-order chi connectivity index (χ0) is 8.97. The highest BCUT2D eigenvalue weighted by molar-refractivity contribution is 14.1. The Balaban J connectivity index is 2.52. The zero-order valence-corrected chi connectivity index (χ0v) is 9.71. The van der Waals surface area contributed by atoms with Crippen molar-refractivity contribution in [3.8, 4) is 0 Å². The number of carbonyl (C=O) groups is 1. The number of alkyl halides is 1. The molecule has 0 aromatic carbocycles. The minimum Gasteiger partial charge on any atom is -0.331 e. The van der Waals surface area contributed by atoms with Gasteiger partial charge in [0, 0.05) is 13.0 Å². The van der Waals surface area contributed by atoms with Gasteiger partial charge in [-0.25, -0.2) is 0 Å². The molecule has 70 valence electrons. The highest BCUT2D eigenvalue weighted by atomic mass is 127. The zero-order valence-electron chi connectivity index (χ0n) is 7.55. The van der Waals surface area contributed by atoms with Gasteiger partial charge in [0.1, 0.15) is 0 Å².